The highest BCUT2D eigenvalue weighted by atomic mass is 19.1. The summed E-state index contributed by atoms with van der Waals surface area (Å²) in [4.78, 5) is 19.7. The van der Waals surface area contributed by atoms with Gasteiger partial charge in [-0.15, -0.1) is 0 Å². The molecule has 1 aromatic heterocycles. The maximum atomic E-state index is 13.4. The number of carbonyl (C=O) groups is 1. The molecule has 0 aliphatic heterocycles. The average Bonchev–Trinajstić information content (AvgIpc) is 3.19. The van der Waals surface area contributed by atoms with Crippen molar-refractivity contribution in [1.29, 1.82) is 0 Å². The highest BCUT2D eigenvalue weighted by Crippen LogP contribution is 2.33. The van der Waals surface area contributed by atoms with E-state index in [0.717, 1.165) is 22.4 Å². The molecule has 0 amide bonds. The van der Waals surface area contributed by atoms with Crippen molar-refractivity contribution in [2.45, 2.75) is 0 Å². The van der Waals surface area contributed by atoms with Crippen LogP contribution in [-0.4, -0.2) is 28.2 Å². The molecule has 4 aromatic rings. The Morgan fingerprint density at radius 2 is 1.48 bits per heavy atom. The SMILES string of the molecule is COC(=O)c1ccc(-c2[nH]c(-c3ccc(O)cc3)nc2-c2ccc(F)cc2)cc1. The zero-order valence-electron chi connectivity index (χ0n) is 15.5. The molecule has 0 bridgehead atoms. The summed E-state index contributed by atoms with van der Waals surface area (Å²) in [6.07, 6.45) is 0. The second-order valence-electron chi connectivity index (χ2n) is 6.43. The van der Waals surface area contributed by atoms with Crippen LogP contribution in [0.3, 0.4) is 0 Å². The third-order valence-corrected chi connectivity index (χ3v) is 4.56. The van der Waals surface area contributed by atoms with Gasteiger partial charge in [-0.25, -0.2) is 14.2 Å². The van der Waals surface area contributed by atoms with Crippen LogP contribution < -0.4 is 0 Å². The number of aromatic amines is 1. The predicted molar refractivity (Wildman–Crippen MR) is 108 cm³/mol. The Labute approximate surface area is 166 Å². The monoisotopic (exact) mass is 388 g/mol. The van der Waals surface area contributed by atoms with Crippen LogP contribution >= 0.6 is 0 Å². The Kier molecular flexibility index (Phi) is 4.83. The second-order valence-corrected chi connectivity index (χ2v) is 6.43. The summed E-state index contributed by atoms with van der Waals surface area (Å²) in [5.74, 6) is 0.0331. The zero-order chi connectivity index (χ0) is 20.4. The van der Waals surface area contributed by atoms with Gasteiger partial charge < -0.3 is 14.8 Å². The maximum Gasteiger partial charge on any atom is 0.337 e. The first kappa shape index (κ1) is 18.4. The van der Waals surface area contributed by atoms with Gasteiger partial charge in [0.25, 0.3) is 0 Å². The third-order valence-electron chi connectivity index (χ3n) is 4.56. The van der Waals surface area contributed by atoms with Gasteiger partial charge in [0.05, 0.1) is 24.1 Å². The van der Waals surface area contributed by atoms with E-state index in [0.29, 0.717) is 17.1 Å². The molecule has 2 N–H and O–H groups in total. The number of nitrogens with zero attached hydrogens (tertiary/aromatic N) is 1. The molecule has 0 aliphatic carbocycles. The number of aromatic nitrogens is 2. The number of benzene rings is 3. The van der Waals surface area contributed by atoms with Crippen LogP contribution in [0.2, 0.25) is 0 Å². The standard InChI is InChI=1S/C23H17FN2O3/c1-29-23(28)17-4-2-14(3-5-17)20-21(15-6-10-18(24)11-7-15)26-22(25-20)16-8-12-19(27)13-9-16/h2-13,27H,1H3,(H,25,26). The number of hydrogen-bond acceptors (Lipinski definition) is 4. The number of halogens is 1. The highest BCUT2D eigenvalue weighted by molar-refractivity contribution is 5.90. The van der Waals surface area contributed by atoms with Crippen LogP contribution in [0.25, 0.3) is 33.9 Å². The molecule has 0 radical (unpaired) electrons. The van der Waals surface area contributed by atoms with Gasteiger partial charge >= 0.3 is 5.97 Å². The van der Waals surface area contributed by atoms with Gasteiger partial charge in [-0.05, 0) is 60.7 Å². The molecular weight excluding hydrogens is 371 g/mol. The van der Waals surface area contributed by atoms with Gasteiger partial charge in [0.15, 0.2) is 0 Å². The van der Waals surface area contributed by atoms with E-state index in [2.05, 4.69) is 4.98 Å². The zero-order valence-corrected chi connectivity index (χ0v) is 15.5. The van der Waals surface area contributed by atoms with Crippen LogP contribution in [0.4, 0.5) is 4.39 Å². The number of hydrogen-bond donors (Lipinski definition) is 2. The molecule has 5 nitrogen and oxygen atoms in total. The summed E-state index contributed by atoms with van der Waals surface area (Å²) in [5, 5.41) is 9.53. The molecule has 6 heteroatoms. The van der Waals surface area contributed by atoms with Crippen molar-refractivity contribution in [3.63, 3.8) is 0 Å². The van der Waals surface area contributed by atoms with Crippen molar-refractivity contribution >= 4 is 5.97 Å². The number of esters is 1. The molecule has 3 aromatic carbocycles. The first-order chi connectivity index (χ1) is 14.0. The van der Waals surface area contributed by atoms with Crippen LogP contribution in [0.1, 0.15) is 10.4 Å². The maximum absolute atomic E-state index is 13.4. The summed E-state index contributed by atoms with van der Waals surface area (Å²) >= 11 is 0. The first-order valence-electron chi connectivity index (χ1n) is 8.89. The number of imidazole rings is 1. The van der Waals surface area contributed by atoms with Gasteiger partial charge in [0, 0.05) is 16.7 Å². The second kappa shape index (κ2) is 7.59. The van der Waals surface area contributed by atoms with Crippen molar-refractivity contribution in [2.75, 3.05) is 7.11 Å². The molecule has 144 valence electrons. The van der Waals surface area contributed by atoms with Crippen LogP contribution in [0.5, 0.6) is 5.75 Å². The predicted octanol–water partition coefficient (Wildman–Crippen LogP) is 5.04. The van der Waals surface area contributed by atoms with Crippen molar-refractivity contribution in [1.82, 2.24) is 9.97 Å². The molecule has 0 spiro atoms. The number of aromatic hydroxyl groups is 1. The lowest BCUT2D eigenvalue weighted by molar-refractivity contribution is 0.0600. The Bertz CT molecular complexity index is 1150. The first-order valence-corrected chi connectivity index (χ1v) is 8.89. The third kappa shape index (κ3) is 3.73. The molecule has 29 heavy (non-hydrogen) atoms. The summed E-state index contributed by atoms with van der Waals surface area (Å²) in [7, 11) is 1.34. The Morgan fingerprint density at radius 1 is 0.897 bits per heavy atom. The molecule has 0 atom stereocenters. The van der Waals surface area contributed by atoms with Crippen molar-refractivity contribution in [3.05, 3.63) is 84.2 Å². The van der Waals surface area contributed by atoms with Crippen LogP contribution in [-0.2, 0) is 4.74 Å². The van der Waals surface area contributed by atoms with E-state index in [-0.39, 0.29) is 11.6 Å². The lowest BCUT2D eigenvalue weighted by atomic mass is 10.0. The lowest BCUT2D eigenvalue weighted by Crippen LogP contribution is -2.00. The normalized spacial score (nSPS) is 10.7. The van der Waals surface area contributed by atoms with Gasteiger partial charge in [-0.3, -0.25) is 0 Å². The van der Waals surface area contributed by atoms with E-state index < -0.39 is 5.97 Å². The van der Waals surface area contributed by atoms with Crippen molar-refractivity contribution in [3.8, 4) is 39.7 Å². The van der Waals surface area contributed by atoms with Gasteiger partial charge in [-0.2, -0.15) is 0 Å². The van der Waals surface area contributed by atoms with Gasteiger partial charge in [0.2, 0.25) is 0 Å². The quantitative estimate of drug-likeness (QED) is 0.480. The number of H-pyrrole nitrogens is 1. The smallest absolute Gasteiger partial charge is 0.337 e. The number of rotatable bonds is 4. The van der Waals surface area contributed by atoms with Crippen LogP contribution in [0, 0.1) is 5.82 Å². The minimum Gasteiger partial charge on any atom is -0.508 e. The topological polar surface area (TPSA) is 75.2 Å². The molecular formula is C23H17FN2O3. The van der Waals surface area contributed by atoms with Gasteiger partial charge in [-0.1, -0.05) is 12.1 Å². The number of ether oxygens (including phenoxy) is 1. The summed E-state index contributed by atoms with van der Waals surface area (Å²) in [6.45, 7) is 0. The fourth-order valence-corrected chi connectivity index (χ4v) is 3.05. The van der Waals surface area contributed by atoms with E-state index in [1.165, 1.54) is 19.2 Å². The van der Waals surface area contributed by atoms with Crippen molar-refractivity contribution in [2.24, 2.45) is 0 Å². The molecule has 0 saturated heterocycles. The summed E-state index contributed by atoms with van der Waals surface area (Å²) in [5.41, 5.74) is 4.19. The summed E-state index contributed by atoms with van der Waals surface area (Å²) < 4.78 is 18.1. The molecule has 0 unspecified atom stereocenters. The Hall–Kier alpha value is -3.93. The minimum atomic E-state index is -0.412. The van der Waals surface area contributed by atoms with Crippen LogP contribution in [0.15, 0.2) is 72.8 Å². The molecule has 0 fully saturated rings. The number of carbonyl (C=O) groups excluding carboxylic acids is 1. The Balaban J connectivity index is 1.83. The number of phenols is 1. The number of methoxy groups -OCH3 is 1. The number of nitrogens with one attached hydrogen (secondary N) is 1. The van der Waals surface area contributed by atoms with E-state index in [1.54, 1.807) is 60.7 Å². The number of phenolic OH excluding ortho intramolecular Hbond substituents is 1. The summed E-state index contributed by atoms with van der Waals surface area (Å²) in [6, 6.07) is 19.7. The van der Waals surface area contributed by atoms with E-state index in [9.17, 15) is 14.3 Å². The highest BCUT2D eigenvalue weighted by Gasteiger charge is 2.16. The fourth-order valence-electron chi connectivity index (χ4n) is 3.05. The molecule has 0 aliphatic rings. The van der Waals surface area contributed by atoms with E-state index in [1.807, 2.05) is 0 Å². The minimum absolute atomic E-state index is 0.165. The van der Waals surface area contributed by atoms with E-state index >= 15 is 0 Å². The largest absolute Gasteiger partial charge is 0.508 e. The lowest BCUT2D eigenvalue weighted by Gasteiger charge is -2.05. The van der Waals surface area contributed by atoms with Crippen molar-refractivity contribution < 1.29 is 19.0 Å². The molecule has 1 heterocycles. The van der Waals surface area contributed by atoms with Gasteiger partial charge in [0.1, 0.15) is 17.4 Å². The molecule has 0 saturated carbocycles. The Morgan fingerprint density at radius 3 is 2.10 bits per heavy atom. The fraction of sp³-hybridized carbons (Fsp3) is 0.0435. The van der Waals surface area contributed by atoms with E-state index in [4.69, 9.17) is 9.72 Å². The average molecular weight is 388 g/mol. The molecule has 4 rings (SSSR count).